The van der Waals surface area contributed by atoms with Gasteiger partial charge in [0.15, 0.2) is 0 Å². The highest BCUT2D eigenvalue weighted by Gasteiger charge is 2.15. The quantitative estimate of drug-likeness (QED) is 0.771. The highest BCUT2D eigenvalue weighted by molar-refractivity contribution is 5.41. The van der Waals surface area contributed by atoms with Gasteiger partial charge in [-0.15, -0.1) is 0 Å². The fourth-order valence-corrected chi connectivity index (χ4v) is 3.64. The van der Waals surface area contributed by atoms with Crippen molar-refractivity contribution < 1.29 is 9.84 Å². The Hall–Kier alpha value is -1.84. The van der Waals surface area contributed by atoms with Crippen molar-refractivity contribution in [2.45, 2.75) is 51.2 Å². The molecular formula is C22H29NO2. The molecule has 0 spiro atoms. The average Bonchev–Trinajstić information content (AvgIpc) is 2.66. The smallest absolute Gasteiger partial charge is 0.122 e. The molecule has 0 heterocycles. The van der Waals surface area contributed by atoms with E-state index in [2.05, 4.69) is 41.7 Å². The van der Waals surface area contributed by atoms with Crippen molar-refractivity contribution >= 4 is 0 Å². The van der Waals surface area contributed by atoms with Gasteiger partial charge in [-0.3, -0.25) is 0 Å². The van der Waals surface area contributed by atoms with Gasteiger partial charge < -0.3 is 15.2 Å². The van der Waals surface area contributed by atoms with Crippen LogP contribution in [0.25, 0.3) is 0 Å². The molecule has 3 heteroatoms. The molecule has 0 amide bonds. The first-order valence-electron chi connectivity index (χ1n) is 9.41. The Kier molecular flexibility index (Phi) is 6.48. The Morgan fingerprint density at radius 3 is 2.68 bits per heavy atom. The normalized spacial score (nSPS) is 14.8. The van der Waals surface area contributed by atoms with E-state index in [1.165, 1.54) is 35.1 Å². The summed E-state index contributed by atoms with van der Waals surface area (Å²) < 4.78 is 5.97. The van der Waals surface area contributed by atoms with Crippen LogP contribution in [0, 0.1) is 0 Å². The fourth-order valence-electron chi connectivity index (χ4n) is 3.64. The molecule has 25 heavy (non-hydrogen) atoms. The number of ether oxygens (including phenoxy) is 1. The number of benzene rings is 2. The van der Waals surface area contributed by atoms with Gasteiger partial charge in [0.25, 0.3) is 0 Å². The molecule has 1 unspecified atom stereocenters. The largest absolute Gasteiger partial charge is 0.491 e. The summed E-state index contributed by atoms with van der Waals surface area (Å²) in [7, 11) is 1.96. The van der Waals surface area contributed by atoms with Crippen molar-refractivity contribution in [1.82, 2.24) is 5.32 Å². The van der Waals surface area contributed by atoms with Crippen molar-refractivity contribution in [2.75, 3.05) is 13.7 Å². The summed E-state index contributed by atoms with van der Waals surface area (Å²) in [6, 6.07) is 14.7. The third-order valence-corrected chi connectivity index (χ3v) is 5.02. The first kappa shape index (κ1) is 18.0. The van der Waals surface area contributed by atoms with Crippen LogP contribution in [0.1, 0.15) is 41.5 Å². The zero-order valence-corrected chi connectivity index (χ0v) is 15.1. The van der Waals surface area contributed by atoms with E-state index in [1.807, 2.05) is 13.1 Å². The monoisotopic (exact) mass is 339 g/mol. The van der Waals surface area contributed by atoms with Crippen molar-refractivity contribution in [3.05, 3.63) is 64.7 Å². The molecule has 134 valence electrons. The van der Waals surface area contributed by atoms with E-state index in [9.17, 15) is 5.11 Å². The van der Waals surface area contributed by atoms with E-state index in [0.29, 0.717) is 6.61 Å². The molecule has 0 fully saturated rings. The molecule has 2 N–H and O–H groups in total. The van der Waals surface area contributed by atoms with Gasteiger partial charge in [0, 0.05) is 6.54 Å². The summed E-state index contributed by atoms with van der Waals surface area (Å²) in [6.45, 7) is 1.23. The van der Waals surface area contributed by atoms with Crippen LogP contribution in [0.15, 0.2) is 42.5 Å². The Balaban J connectivity index is 1.53. The van der Waals surface area contributed by atoms with Gasteiger partial charge in [0.05, 0.1) is 6.10 Å². The van der Waals surface area contributed by atoms with Crippen molar-refractivity contribution in [1.29, 1.82) is 0 Å². The van der Waals surface area contributed by atoms with Crippen molar-refractivity contribution in [3.8, 4) is 5.75 Å². The van der Waals surface area contributed by atoms with Gasteiger partial charge in [0.1, 0.15) is 12.4 Å². The number of hydrogen-bond acceptors (Lipinski definition) is 3. The van der Waals surface area contributed by atoms with E-state index < -0.39 is 6.10 Å². The van der Waals surface area contributed by atoms with Crippen LogP contribution in [-0.4, -0.2) is 24.9 Å². The zero-order valence-electron chi connectivity index (χ0n) is 15.1. The van der Waals surface area contributed by atoms with Gasteiger partial charge >= 0.3 is 0 Å². The van der Waals surface area contributed by atoms with Gasteiger partial charge in [-0.1, -0.05) is 36.4 Å². The number of fused-ring (bicyclic) bond motifs is 1. The third kappa shape index (κ3) is 4.83. The molecule has 1 atom stereocenters. The van der Waals surface area contributed by atoms with Gasteiger partial charge in [-0.2, -0.15) is 0 Å². The summed E-state index contributed by atoms with van der Waals surface area (Å²) in [4.78, 5) is 0. The molecule has 0 saturated heterocycles. The topological polar surface area (TPSA) is 41.5 Å². The molecule has 3 rings (SSSR count). The summed E-state index contributed by atoms with van der Waals surface area (Å²) in [5.41, 5.74) is 5.36. The second-order valence-electron chi connectivity index (χ2n) is 6.90. The second-order valence-corrected chi connectivity index (χ2v) is 6.90. The van der Waals surface area contributed by atoms with E-state index in [4.69, 9.17) is 4.74 Å². The van der Waals surface area contributed by atoms with E-state index in [1.54, 1.807) is 0 Å². The summed E-state index contributed by atoms with van der Waals surface area (Å²) in [6.07, 6.45) is 5.90. The van der Waals surface area contributed by atoms with Crippen molar-refractivity contribution in [3.63, 3.8) is 0 Å². The highest BCUT2D eigenvalue weighted by Crippen LogP contribution is 2.29. The second kappa shape index (κ2) is 9.02. The van der Waals surface area contributed by atoms with Gasteiger partial charge in [0.2, 0.25) is 0 Å². The first-order chi connectivity index (χ1) is 12.3. The molecule has 3 nitrogen and oxygen atoms in total. The Bertz CT molecular complexity index is 683. The van der Waals surface area contributed by atoms with Crippen LogP contribution in [-0.2, 0) is 25.8 Å². The SMILES string of the molecule is CNCc1ccccc1CCC(O)COc1cccc2c1CCCC2. The lowest BCUT2D eigenvalue weighted by Gasteiger charge is -2.20. The maximum Gasteiger partial charge on any atom is 0.122 e. The van der Waals surface area contributed by atoms with E-state index >= 15 is 0 Å². The maximum absolute atomic E-state index is 10.4. The minimum Gasteiger partial charge on any atom is -0.491 e. The van der Waals surface area contributed by atoms with Crippen molar-refractivity contribution in [2.24, 2.45) is 0 Å². The average molecular weight is 339 g/mol. The van der Waals surface area contributed by atoms with Gasteiger partial charge in [-0.25, -0.2) is 0 Å². The lowest BCUT2D eigenvalue weighted by Crippen LogP contribution is -2.20. The number of aryl methyl sites for hydroxylation is 2. The molecule has 0 saturated carbocycles. The molecule has 0 radical (unpaired) electrons. The Morgan fingerprint density at radius 1 is 1.04 bits per heavy atom. The Labute approximate surface area is 151 Å². The van der Waals surface area contributed by atoms with E-state index in [0.717, 1.165) is 38.0 Å². The number of aliphatic hydroxyl groups excluding tert-OH is 1. The zero-order chi connectivity index (χ0) is 17.5. The van der Waals surface area contributed by atoms with Crippen LogP contribution < -0.4 is 10.1 Å². The van der Waals surface area contributed by atoms with Crippen LogP contribution in [0.3, 0.4) is 0 Å². The van der Waals surface area contributed by atoms with Crippen LogP contribution in [0.2, 0.25) is 0 Å². The molecule has 0 aromatic heterocycles. The van der Waals surface area contributed by atoms with Crippen LogP contribution in [0.4, 0.5) is 0 Å². The lowest BCUT2D eigenvalue weighted by atomic mass is 9.91. The van der Waals surface area contributed by atoms with E-state index in [-0.39, 0.29) is 0 Å². The maximum atomic E-state index is 10.4. The predicted octanol–water partition coefficient (Wildman–Crippen LogP) is 3.66. The lowest BCUT2D eigenvalue weighted by molar-refractivity contribution is 0.0995. The molecular weight excluding hydrogens is 310 g/mol. The Morgan fingerprint density at radius 2 is 1.84 bits per heavy atom. The molecule has 1 aliphatic carbocycles. The minimum atomic E-state index is -0.443. The molecule has 0 bridgehead atoms. The van der Waals surface area contributed by atoms with Gasteiger partial charge in [-0.05, 0) is 73.9 Å². The third-order valence-electron chi connectivity index (χ3n) is 5.02. The number of hydrogen-bond donors (Lipinski definition) is 2. The summed E-state index contributed by atoms with van der Waals surface area (Å²) >= 11 is 0. The predicted molar refractivity (Wildman–Crippen MR) is 102 cm³/mol. The standard InChI is InChI=1S/C22H29NO2/c1-23-15-19-9-3-2-7-17(19)13-14-20(24)16-25-22-12-6-10-18-8-4-5-11-21(18)22/h2-3,6-7,9-10,12,20,23-24H,4-5,8,11,13-16H2,1H3. The molecule has 1 aliphatic rings. The molecule has 0 aliphatic heterocycles. The molecule has 2 aromatic carbocycles. The first-order valence-corrected chi connectivity index (χ1v) is 9.41. The highest BCUT2D eigenvalue weighted by atomic mass is 16.5. The number of aliphatic hydroxyl groups is 1. The summed E-state index contributed by atoms with van der Waals surface area (Å²) in [5.74, 6) is 0.965. The van der Waals surface area contributed by atoms with Crippen LogP contribution in [0.5, 0.6) is 5.75 Å². The number of rotatable bonds is 8. The minimum absolute atomic E-state index is 0.366. The molecule has 2 aromatic rings. The van der Waals surface area contributed by atoms with Crippen LogP contribution >= 0.6 is 0 Å². The summed E-state index contributed by atoms with van der Waals surface area (Å²) in [5, 5.41) is 13.6. The number of nitrogens with one attached hydrogen (secondary N) is 1. The fraction of sp³-hybridized carbons (Fsp3) is 0.455.